The van der Waals surface area contributed by atoms with Gasteiger partial charge in [-0.05, 0) is 43.0 Å². The van der Waals surface area contributed by atoms with Crippen LogP contribution in [0.15, 0.2) is 24.3 Å². The SMILES string of the molecule is COc1cccc2c1C(=O)c1c(cc3c(c1O)CCC(O)(C(C)O)C3)C2=O. The van der Waals surface area contributed by atoms with Crippen LogP contribution in [0.3, 0.4) is 0 Å². The van der Waals surface area contributed by atoms with Gasteiger partial charge in [-0.15, -0.1) is 0 Å². The predicted molar refractivity (Wildman–Crippen MR) is 96.6 cm³/mol. The summed E-state index contributed by atoms with van der Waals surface area (Å²) in [5, 5.41) is 31.3. The molecule has 2 atom stereocenters. The minimum Gasteiger partial charge on any atom is -0.507 e. The highest BCUT2D eigenvalue weighted by molar-refractivity contribution is 6.30. The van der Waals surface area contributed by atoms with Gasteiger partial charge in [0.05, 0.1) is 29.9 Å². The number of hydrogen-bond donors (Lipinski definition) is 3. The molecule has 0 spiro atoms. The highest BCUT2D eigenvalue weighted by Crippen LogP contribution is 2.43. The van der Waals surface area contributed by atoms with Crippen molar-refractivity contribution in [3.8, 4) is 11.5 Å². The Kier molecular flexibility index (Phi) is 3.87. The first-order chi connectivity index (χ1) is 12.8. The van der Waals surface area contributed by atoms with Crippen molar-refractivity contribution in [1.29, 1.82) is 0 Å². The molecule has 0 radical (unpaired) electrons. The lowest BCUT2D eigenvalue weighted by Gasteiger charge is -2.37. The number of benzene rings is 2. The normalized spacial score (nSPS) is 21.9. The van der Waals surface area contributed by atoms with Gasteiger partial charge >= 0.3 is 0 Å². The molecule has 0 saturated heterocycles. The van der Waals surface area contributed by atoms with E-state index in [9.17, 15) is 24.9 Å². The van der Waals surface area contributed by atoms with E-state index in [1.54, 1.807) is 24.3 Å². The number of rotatable bonds is 2. The summed E-state index contributed by atoms with van der Waals surface area (Å²) in [6.07, 6.45) is -0.291. The number of carbonyl (C=O) groups is 2. The van der Waals surface area contributed by atoms with E-state index in [0.717, 1.165) is 0 Å². The van der Waals surface area contributed by atoms with Gasteiger partial charge in [0.2, 0.25) is 5.78 Å². The first kappa shape index (κ1) is 17.7. The number of aromatic hydroxyl groups is 1. The molecule has 140 valence electrons. The Labute approximate surface area is 156 Å². The van der Waals surface area contributed by atoms with Crippen LogP contribution in [-0.4, -0.2) is 45.7 Å². The van der Waals surface area contributed by atoms with Gasteiger partial charge in [-0.1, -0.05) is 12.1 Å². The maximum atomic E-state index is 13.1. The Balaban J connectivity index is 1.92. The molecule has 0 aromatic heterocycles. The quantitative estimate of drug-likeness (QED) is 0.637. The molecular formula is C21H20O6. The van der Waals surface area contributed by atoms with Crippen LogP contribution in [0.1, 0.15) is 56.3 Å². The highest BCUT2D eigenvalue weighted by atomic mass is 16.5. The molecule has 3 N–H and O–H groups in total. The molecule has 4 rings (SSSR count). The van der Waals surface area contributed by atoms with Gasteiger partial charge in [-0.2, -0.15) is 0 Å². The smallest absolute Gasteiger partial charge is 0.201 e. The van der Waals surface area contributed by atoms with Gasteiger partial charge < -0.3 is 20.1 Å². The van der Waals surface area contributed by atoms with Gasteiger partial charge in [0.1, 0.15) is 11.5 Å². The zero-order chi connectivity index (χ0) is 19.5. The standard InChI is InChI=1S/C21H20O6/c1-10(22)21(26)7-6-12-11(9-21)8-14-17(19(12)24)20(25)16-13(18(14)23)4-3-5-15(16)27-2/h3-5,8,10,22,24,26H,6-7,9H2,1-2H3. The molecule has 0 saturated carbocycles. The molecule has 2 aromatic rings. The largest absolute Gasteiger partial charge is 0.507 e. The number of phenols is 1. The van der Waals surface area contributed by atoms with Crippen LogP contribution in [0.5, 0.6) is 11.5 Å². The number of hydrogen-bond acceptors (Lipinski definition) is 6. The third-order valence-corrected chi connectivity index (χ3v) is 5.77. The number of aliphatic hydroxyl groups is 2. The summed E-state index contributed by atoms with van der Waals surface area (Å²) in [5.74, 6) is -0.751. The van der Waals surface area contributed by atoms with Crippen molar-refractivity contribution in [1.82, 2.24) is 0 Å². The highest BCUT2D eigenvalue weighted by Gasteiger charge is 2.41. The Morgan fingerprint density at radius 1 is 1.15 bits per heavy atom. The maximum Gasteiger partial charge on any atom is 0.201 e. The van der Waals surface area contributed by atoms with Crippen molar-refractivity contribution >= 4 is 11.6 Å². The van der Waals surface area contributed by atoms with E-state index in [2.05, 4.69) is 0 Å². The molecule has 0 fully saturated rings. The maximum absolute atomic E-state index is 13.1. The zero-order valence-corrected chi connectivity index (χ0v) is 15.1. The van der Waals surface area contributed by atoms with E-state index >= 15 is 0 Å². The topological polar surface area (TPSA) is 104 Å². The van der Waals surface area contributed by atoms with Crippen molar-refractivity contribution in [2.45, 2.75) is 37.9 Å². The molecule has 0 bridgehead atoms. The van der Waals surface area contributed by atoms with Crippen LogP contribution in [0.2, 0.25) is 0 Å². The van der Waals surface area contributed by atoms with Crippen molar-refractivity contribution in [2.24, 2.45) is 0 Å². The van der Waals surface area contributed by atoms with Gasteiger partial charge in [0, 0.05) is 17.5 Å². The molecule has 27 heavy (non-hydrogen) atoms. The molecule has 2 aliphatic carbocycles. The van der Waals surface area contributed by atoms with Crippen LogP contribution in [0.25, 0.3) is 0 Å². The predicted octanol–water partition coefficient (Wildman–Crippen LogP) is 1.78. The molecular weight excluding hydrogens is 348 g/mol. The van der Waals surface area contributed by atoms with E-state index in [0.29, 0.717) is 17.5 Å². The first-order valence-corrected chi connectivity index (χ1v) is 8.83. The fourth-order valence-electron chi connectivity index (χ4n) is 4.12. The lowest BCUT2D eigenvalue weighted by atomic mass is 9.73. The fourth-order valence-corrected chi connectivity index (χ4v) is 4.12. The van der Waals surface area contributed by atoms with Crippen molar-refractivity contribution in [3.05, 3.63) is 57.6 Å². The van der Waals surface area contributed by atoms with E-state index in [-0.39, 0.29) is 52.4 Å². The third kappa shape index (κ3) is 2.40. The van der Waals surface area contributed by atoms with Crippen LogP contribution < -0.4 is 4.74 Å². The average molecular weight is 368 g/mol. The average Bonchev–Trinajstić information content (AvgIpc) is 2.64. The van der Waals surface area contributed by atoms with Gasteiger partial charge in [-0.3, -0.25) is 9.59 Å². The second kappa shape index (κ2) is 5.90. The molecule has 0 aliphatic heterocycles. The van der Waals surface area contributed by atoms with Crippen LogP contribution in [0.4, 0.5) is 0 Å². The molecule has 2 aliphatic rings. The Hall–Kier alpha value is -2.70. The minimum absolute atomic E-state index is 0.0155. The lowest BCUT2D eigenvalue weighted by Crippen LogP contribution is -2.45. The second-order valence-electron chi connectivity index (χ2n) is 7.28. The second-order valence-corrected chi connectivity index (χ2v) is 7.28. The number of ketones is 2. The van der Waals surface area contributed by atoms with Crippen LogP contribution in [0, 0.1) is 0 Å². The van der Waals surface area contributed by atoms with Gasteiger partial charge in [0.25, 0.3) is 0 Å². The molecule has 0 heterocycles. The summed E-state index contributed by atoms with van der Waals surface area (Å²) in [7, 11) is 1.42. The Morgan fingerprint density at radius 3 is 2.56 bits per heavy atom. The molecule has 2 aromatic carbocycles. The number of aliphatic hydroxyl groups excluding tert-OH is 1. The number of fused-ring (bicyclic) bond motifs is 3. The van der Waals surface area contributed by atoms with E-state index < -0.39 is 17.5 Å². The molecule has 6 nitrogen and oxygen atoms in total. The molecule has 0 amide bonds. The van der Waals surface area contributed by atoms with Crippen LogP contribution in [-0.2, 0) is 12.8 Å². The summed E-state index contributed by atoms with van der Waals surface area (Å²) in [5.41, 5.74) is 0.283. The lowest BCUT2D eigenvalue weighted by molar-refractivity contribution is -0.0745. The summed E-state index contributed by atoms with van der Waals surface area (Å²) in [6.45, 7) is 1.51. The Morgan fingerprint density at radius 2 is 1.89 bits per heavy atom. The van der Waals surface area contributed by atoms with Crippen molar-refractivity contribution in [3.63, 3.8) is 0 Å². The monoisotopic (exact) mass is 368 g/mol. The zero-order valence-electron chi connectivity index (χ0n) is 15.1. The van der Waals surface area contributed by atoms with Crippen molar-refractivity contribution in [2.75, 3.05) is 7.11 Å². The molecule has 2 unspecified atom stereocenters. The molecule has 6 heteroatoms. The number of phenolic OH excluding ortho intramolecular Hbond substituents is 1. The summed E-state index contributed by atoms with van der Waals surface area (Å²) >= 11 is 0. The number of carbonyl (C=O) groups excluding carboxylic acids is 2. The summed E-state index contributed by atoms with van der Waals surface area (Å²) in [6, 6.07) is 6.37. The first-order valence-electron chi connectivity index (χ1n) is 8.83. The number of ether oxygens (including phenoxy) is 1. The van der Waals surface area contributed by atoms with Gasteiger partial charge in [0.15, 0.2) is 5.78 Å². The van der Waals surface area contributed by atoms with E-state index in [4.69, 9.17) is 4.74 Å². The third-order valence-electron chi connectivity index (χ3n) is 5.77. The van der Waals surface area contributed by atoms with Gasteiger partial charge in [-0.25, -0.2) is 0 Å². The van der Waals surface area contributed by atoms with E-state index in [1.165, 1.54) is 14.0 Å². The summed E-state index contributed by atoms with van der Waals surface area (Å²) < 4.78 is 5.24. The van der Waals surface area contributed by atoms with E-state index in [1.807, 2.05) is 0 Å². The van der Waals surface area contributed by atoms with Crippen molar-refractivity contribution < 1.29 is 29.6 Å². The number of methoxy groups -OCH3 is 1. The fraction of sp³-hybridized carbons (Fsp3) is 0.333. The van der Waals surface area contributed by atoms with Crippen LogP contribution >= 0.6 is 0 Å². The summed E-state index contributed by atoms with van der Waals surface area (Å²) in [4.78, 5) is 26.1. The minimum atomic E-state index is -1.32. The Bertz CT molecular complexity index is 991.